The molecule has 164 valence electrons. The zero-order valence-corrected chi connectivity index (χ0v) is 19.2. The molecule has 0 saturated carbocycles. The normalized spacial score (nSPS) is 21.7. The van der Waals surface area contributed by atoms with E-state index >= 15 is 0 Å². The van der Waals surface area contributed by atoms with Gasteiger partial charge in [0.05, 0.1) is 23.9 Å². The number of carbonyl (C=O) groups excluding carboxylic acids is 1. The van der Waals surface area contributed by atoms with Crippen LogP contribution in [0.5, 0.6) is 5.75 Å². The van der Waals surface area contributed by atoms with E-state index in [-0.39, 0.29) is 17.9 Å². The standard InChI is InChI=1S/C23H26Cl2N4O2/c1-15-21(23(30)27-28-12-4-3-5-13-28)26-29(20-11-8-17(24)14-19(20)25)22(15)16-6-9-18(31-2)10-7-16/h6-11,14-15,22H,3-5,12-13H2,1-2H3,(H,27,30). The molecule has 1 saturated heterocycles. The van der Waals surface area contributed by atoms with Crippen LogP contribution in [0.4, 0.5) is 5.69 Å². The maximum Gasteiger partial charge on any atom is 0.282 e. The summed E-state index contributed by atoms with van der Waals surface area (Å²) in [6.07, 6.45) is 3.37. The summed E-state index contributed by atoms with van der Waals surface area (Å²) in [7, 11) is 1.64. The van der Waals surface area contributed by atoms with E-state index in [1.165, 1.54) is 6.42 Å². The van der Waals surface area contributed by atoms with Gasteiger partial charge in [-0.1, -0.05) is 48.7 Å². The molecule has 2 aromatic carbocycles. The lowest BCUT2D eigenvalue weighted by Gasteiger charge is -2.28. The summed E-state index contributed by atoms with van der Waals surface area (Å²) in [4.78, 5) is 13.1. The zero-order chi connectivity index (χ0) is 22.0. The van der Waals surface area contributed by atoms with Crippen molar-refractivity contribution in [1.82, 2.24) is 10.4 Å². The van der Waals surface area contributed by atoms with Crippen molar-refractivity contribution in [3.8, 4) is 5.75 Å². The number of halogens is 2. The smallest absolute Gasteiger partial charge is 0.282 e. The molecule has 0 radical (unpaired) electrons. The van der Waals surface area contributed by atoms with E-state index in [0.29, 0.717) is 21.4 Å². The molecule has 31 heavy (non-hydrogen) atoms. The summed E-state index contributed by atoms with van der Waals surface area (Å²) in [5.41, 5.74) is 5.25. The van der Waals surface area contributed by atoms with Crippen LogP contribution in [0.25, 0.3) is 0 Å². The highest BCUT2D eigenvalue weighted by Crippen LogP contribution is 2.42. The fraction of sp³-hybridized carbons (Fsp3) is 0.391. The fourth-order valence-corrected chi connectivity index (χ4v) is 4.69. The summed E-state index contributed by atoms with van der Waals surface area (Å²) in [6, 6.07) is 12.9. The van der Waals surface area contributed by atoms with Crippen molar-refractivity contribution in [3.63, 3.8) is 0 Å². The first kappa shape index (κ1) is 21.9. The highest BCUT2D eigenvalue weighted by Gasteiger charge is 2.40. The number of carbonyl (C=O) groups is 1. The maximum atomic E-state index is 13.1. The summed E-state index contributed by atoms with van der Waals surface area (Å²) in [5, 5.41) is 9.60. The predicted molar refractivity (Wildman–Crippen MR) is 125 cm³/mol. The molecule has 1 N–H and O–H groups in total. The Balaban J connectivity index is 1.67. The first-order chi connectivity index (χ1) is 15.0. The van der Waals surface area contributed by atoms with Gasteiger partial charge in [-0.2, -0.15) is 5.10 Å². The molecular weight excluding hydrogens is 435 g/mol. The van der Waals surface area contributed by atoms with E-state index < -0.39 is 0 Å². The second-order valence-corrected chi connectivity index (χ2v) is 8.76. The average molecular weight is 461 g/mol. The number of hydrogen-bond donors (Lipinski definition) is 1. The third-order valence-electron chi connectivity index (χ3n) is 5.85. The zero-order valence-electron chi connectivity index (χ0n) is 17.6. The molecule has 1 fully saturated rings. The van der Waals surface area contributed by atoms with Gasteiger partial charge >= 0.3 is 0 Å². The van der Waals surface area contributed by atoms with Crippen molar-refractivity contribution in [2.24, 2.45) is 11.0 Å². The molecule has 0 bridgehead atoms. The van der Waals surface area contributed by atoms with Crippen LogP contribution < -0.4 is 15.2 Å². The van der Waals surface area contributed by atoms with Crippen LogP contribution in [0.1, 0.15) is 37.8 Å². The van der Waals surface area contributed by atoms with Crippen molar-refractivity contribution in [2.45, 2.75) is 32.2 Å². The van der Waals surface area contributed by atoms with Crippen molar-refractivity contribution in [2.75, 3.05) is 25.2 Å². The first-order valence-electron chi connectivity index (χ1n) is 10.5. The molecule has 2 aliphatic heterocycles. The largest absolute Gasteiger partial charge is 0.497 e. The monoisotopic (exact) mass is 460 g/mol. The number of rotatable bonds is 5. The molecule has 0 spiro atoms. The third kappa shape index (κ3) is 4.66. The Kier molecular flexibility index (Phi) is 6.70. The highest BCUT2D eigenvalue weighted by atomic mass is 35.5. The van der Waals surface area contributed by atoms with Gasteiger partial charge < -0.3 is 4.74 Å². The molecule has 6 nitrogen and oxygen atoms in total. The molecule has 0 aromatic heterocycles. The Morgan fingerprint density at radius 3 is 2.45 bits per heavy atom. The van der Waals surface area contributed by atoms with E-state index in [0.717, 1.165) is 37.2 Å². The number of anilines is 1. The number of methoxy groups -OCH3 is 1. The van der Waals surface area contributed by atoms with E-state index in [9.17, 15) is 4.79 Å². The minimum absolute atomic E-state index is 0.148. The lowest BCUT2D eigenvalue weighted by molar-refractivity contribution is -0.120. The van der Waals surface area contributed by atoms with Crippen LogP contribution in [0, 0.1) is 5.92 Å². The Bertz CT molecular complexity index is 974. The summed E-state index contributed by atoms with van der Waals surface area (Å²) >= 11 is 12.6. The minimum atomic E-state index is -0.188. The lowest BCUT2D eigenvalue weighted by atomic mass is 9.91. The van der Waals surface area contributed by atoms with Gasteiger partial charge in [0.1, 0.15) is 11.5 Å². The van der Waals surface area contributed by atoms with Crippen LogP contribution in [0.3, 0.4) is 0 Å². The number of piperidine rings is 1. The molecule has 2 aromatic rings. The lowest BCUT2D eigenvalue weighted by Crippen LogP contribution is -2.48. The molecule has 2 aliphatic rings. The van der Waals surface area contributed by atoms with E-state index in [4.69, 9.17) is 33.0 Å². The number of amides is 1. The Labute approximate surface area is 192 Å². The number of hydrazone groups is 1. The first-order valence-corrected chi connectivity index (χ1v) is 11.3. The van der Waals surface area contributed by atoms with Gasteiger partial charge in [0, 0.05) is 24.0 Å². The molecule has 2 unspecified atom stereocenters. The van der Waals surface area contributed by atoms with Gasteiger partial charge in [-0.3, -0.25) is 15.2 Å². The van der Waals surface area contributed by atoms with Crippen LogP contribution in [0.15, 0.2) is 47.6 Å². The number of hydrazine groups is 1. The van der Waals surface area contributed by atoms with Gasteiger partial charge in [-0.15, -0.1) is 0 Å². The fourth-order valence-electron chi connectivity index (χ4n) is 4.19. The molecule has 2 atom stereocenters. The number of nitrogens with one attached hydrogen (secondary N) is 1. The third-order valence-corrected chi connectivity index (χ3v) is 6.38. The molecule has 1 amide bonds. The quantitative estimate of drug-likeness (QED) is 0.676. The molecule has 8 heteroatoms. The highest BCUT2D eigenvalue weighted by molar-refractivity contribution is 6.41. The summed E-state index contributed by atoms with van der Waals surface area (Å²) in [5.74, 6) is 0.458. The topological polar surface area (TPSA) is 57.2 Å². The van der Waals surface area contributed by atoms with Crippen LogP contribution >= 0.6 is 23.2 Å². The van der Waals surface area contributed by atoms with Gasteiger partial charge in [0.15, 0.2) is 0 Å². The van der Waals surface area contributed by atoms with Gasteiger partial charge in [-0.05, 0) is 48.7 Å². The number of hydrogen-bond acceptors (Lipinski definition) is 5. The number of benzene rings is 2. The predicted octanol–water partition coefficient (Wildman–Crippen LogP) is 5.07. The van der Waals surface area contributed by atoms with Gasteiger partial charge in [0.2, 0.25) is 0 Å². The number of ether oxygens (including phenoxy) is 1. The Morgan fingerprint density at radius 2 is 1.81 bits per heavy atom. The van der Waals surface area contributed by atoms with E-state index in [1.54, 1.807) is 19.2 Å². The molecular formula is C23H26Cl2N4O2. The van der Waals surface area contributed by atoms with E-state index in [1.807, 2.05) is 47.3 Å². The molecule has 0 aliphatic carbocycles. The van der Waals surface area contributed by atoms with Gasteiger partial charge in [0.25, 0.3) is 5.91 Å². The average Bonchev–Trinajstić information content (AvgIpc) is 3.11. The van der Waals surface area contributed by atoms with Crippen molar-refractivity contribution < 1.29 is 9.53 Å². The molecule has 4 rings (SSSR count). The number of nitrogens with zero attached hydrogens (tertiary/aromatic N) is 3. The van der Waals surface area contributed by atoms with Crippen LogP contribution in [-0.4, -0.2) is 36.8 Å². The summed E-state index contributed by atoms with van der Waals surface area (Å²) in [6.45, 7) is 3.75. The van der Waals surface area contributed by atoms with Crippen LogP contribution in [-0.2, 0) is 4.79 Å². The maximum absolute atomic E-state index is 13.1. The Hall–Kier alpha value is -2.28. The second-order valence-electron chi connectivity index (χ2n) is 7.92. The molecule has 2 heterocycles. The van der Waals surface area contributed by atoms with Crippen molar-refractivity contribution in [1.29, 1.82) is 0 Å². The minimum Gasteiger partial charge on any atom is -0.497 e. The van der Waals surface area contributed by atoms with E-state index in [2.05, 4.69) is 5.43 Å². The Morgan fingerprint density at radius 1 is 1.10 bits per heavy atom. The van der Waals surface area contributed by atoms with Crippen LogP contribution in [0.2, 0.25) is 10.0 Å². The summed E-state index contributed by atoms with van der Waals surface area (Å²) < 4.78 is 5.30. The van der Waals surface area contributed by atoms with Crippen molar-refractivity contribution in [3.05, 3.63) is 58.1 Å². The second kappa shape index (κ2) is 9.47. The van der Waals surface area contributed by atoms with Crippen molar-refractivity contribution >= 4 is 40.5 Å². The van der Waals surface area contributed by atoms with Gasteiger partial charge in [-0.25, -0.2) is 5.01 Å². The SMILES string of the molecule is COc1ccc(C2C(C)C(C(=O)NN3CCCCC3)=NN2c2ccc(Cl)cc2Cl)cc1.